The predicted octanol–water partition coefficient (Wildman–Crippen LogP) is 3.99. The molecule has 0 radical (unpaired) electrons. The first-order valence-electron chi connectivity index (χ1n) is 8.40. The van der Waals surface area contributed by atoms with Crippen LogP contribution < -0.4 is 5.19 Å². The van der Waals surface area contributed by atoms with Crippen molar-refractivity contribution in [2.75, 3.05) is 0 Å². The molecule has 1 nitrogen and oxygen atoms in total. The van der Waals surface area contributed by atoms with E-state index in [0.717, 1.165) is 0 Å². The average Bonchev–Trinajstić information content (AvgIpc) is 2.60. The minimum atomic E-state index is -0.846. The van der Waals surface area contributed by atoms with Crippen LogP contribution in [0.3, 0.4) is 0 Å². The second-order valence-corrected chi connectivity index (χ2v) is 7.94. The van der Waals surface area contributed by atoms with Gasteiger partial charge in [-0.3, -0.25) is 0 Å². The maximum Gasteiger partial charge on any atom is 0.193 e. The van der Waals surface area contributed by atoms with Crippen molar-refractivity contribution in [2.45, 2.75) is 26.4 Å². The van der Waals surface area contributed by atoms with Gasteiger partial charge in [-0.05, 0) is 37.1 Å². The van der Waals surface area contributed by atoms with Crippen LogP contribution in [0.1, 0.15) is 29.2 Å². The first kappa shape index (κ1) is 16.7. The van der Waals surface area contributed by atoms with E-state index in [0.29, 0.717) is 0 Å². The van der Waals surface area contributed by atoms with Gasteiger partial charge in [0.25, 0.3) is 0 Å². The maximum atomic E-state index is 6.64. The van der Waals surface area contributed by atoms with E-state index in [1.807, 2.05) is 0 Å². The number of rotatable bonds is 5. The molecule has 2 heteroatoms. The fourth-order valence-corrected chi connectivity index (χ4v) is 4.83. The lowest BCUT2D eigenvalue weighted by Gasteiger charge is -2.32. The van der Waals surface area contributed by atoms with Gasteiger partial charge in [0.2, 0.25) is 0 Å². The van der Waals surface area contributed by atoms with Gasteiger partial charge in [0.15, 0.2) is 9.76 Å². The Labute approximate surface area is 147 Å². The molecule has 3 rings (SSSR count). The summed E-state index contributed by atoms with van der Waals surface area (Å²) in [6, 6.07) is 27.8. The number of benzene rings is 3. The molecule has 0 aromatic heterocycles. The lowest BCUT2D eigenvalue weighted by molar-refractivity contribution is 0.143. The van der Waals surface area contributed by atoms with Crippen LogP contribution in [0.15, 0.2) is 78.9 Å². The Morgan fingerprint density at radius 1 is 0.708 bits per heavy atom. The van der Waals surface area contributed by atoms with Crippen molar-refractivity contribution in [3.05, 3.63) is 101 Å². The van der Waals surface area contributed by atoms with Crippen LogP contribution in [0.4, 0.5) is 0 Å². The van der Waals surface area contributed by atoms with E-state index in [9.17, 15) is 0 Å². The lowest BCUT2D eigenvalue weighted by atomic mass is 9.88. The molecule has 0 aliphatic rings. The summed E-state index contributed by atoms with van der Waals surface area (Å²) in [5, 5.41) is 1.35. The molecule has 0 aliphatic carbocycles. The van der Waals surface area contributed by atoms with Crippen LogP contribution >= 0.6 is 0 Å². The summed E-state index contributed by atoms with van der Waals surface area (Å²) in [5.74, 6) is 0. The van der Waals surface area contributed by atoms with Crippen LogP contribution in [0.25, 0.3) is 0 Å². The van der Waals surface area contributed by atoms with Crippen LogP contribution in [0.2, 0.25) is 0 Å². The molecule has 0 N–H and O–H groups in total. The van der Waals surface area contributed by atoms with Gasteiger partial charge >= 0.3 is 0 Å². The summed E-state index contributed by atoms with van der Waals surface area (Å²) in [4.78, 5) is 0. The zero-order valence-corrected chi connectivity index (χ0v) is 16.0. The van der Waals surface area contributed by atoms with E-state index in [1.54, 1.807) is 0 Å². The first-order chi connectivity index (χ1) is 11.6. The molecule has 0 heterocycles. The smallest absolute Gasteiger partial charge is 0.193 e. The van der Waals surface area contributed by atoms with Crippen LogP contribution in [-0.2, 0) is 10.0 Å². The second-order valence-electron chi connectivity index (χ2n) is 6.55. The molecule has 0 saturated heterocycles. The average molecular weight is 333 g/mol. The predicted molar refractivity (Wildman–Crippen MR) is 105 cm³/mol. The molecule has 0 atom stereocenters. The monoisotopic (exact) mass is 332 g/mol. The lowest BCUT2D eigenvalue weighted by Crippen LogP contribution is -2.33. The highest BCUT2D eigenvalue weighted by Crippen LogP contribution is 2.32. The van der Waals surface area contributed by atoms with E-state index in [4.69, 9.17) is 4.43 Å². The fourth-order valence-electron chi connectivity index (χ4n) is 3.23. The third-order valence-corrected chi connectivity index (χ3v) is 5.92. The molecule has 0 amide bonds. The zero-order valence-electron chi connectivity index (χ0n) is 14.6. The molecule has 0 aliphatic heterocycles. The molecule has 0 spiro atoms. The molecule has 0 bridgehead atoms. The molecule has 122 valence electrons. The van der Waals surface area contributed by atoms with Gasteiger partial charge in [0.1, 0.15) is 5.60 Å². The van der Waals surface area contributed by atoms with Crippen LogP contribution in [-0.4, -0.2) is 9.76 Å². The van der Waals surface area contributed by atoms with Gasteiger partial charge in [-0.25, -0.2) is 0 Å². The van der Waals surface area contributed by atoms with Crippen LogP contribution in [0, 0.1) is 13.8 Å². The van der Waals surface area contributed by atoms with E-state index >= 15 is 0 Å². The third kappa shape index (κ3) is 3.66. The summed E-state index contributed by atoms with van der Waals surface area (Å²) in [7, 11) is -0.846. The minimum Gasteiger partial charge on any atom is -0.405 e. The standard InChI is InChI=1S/C22H24OSi/c1-17-14-18(2)16-21(15-17)24-23-22(3,19-10-6-4-7-11-19)20-12-8-5-9-13-20/h4-16H,24H2,1-3H3. The van der Waals surface area contributed by atoms with Gasteiger partial charge in [-0.1, -0.05) is 90.0 Å². The second kappa shape index (κ2) is 7.16. The SMILES string of the molecule is Cc1cc(C)cc([SiH2]OC(C)(c2ccccc2)c2ccccc2)c1. The molecule has 3 aromatic rings. The number of aryl methyl sites for hydroxylation is 2. The van der Waals surface area contributed by atoms with Gasteiger partial charge < -0.3 is 4.43 Å². The fraction of sp³-hybridized carbons (Fsp3) is 0.182. The van der Waals surface area contributed by atoms with Crippen LogP contribution in [0.5, 0.6) is 0 Å². The third-order valence-electron chi connectivity index (χ3n) is 4.46. The maximum absolute atomic E-state index is 6.64. The van der Waals surface area contributed by atoms with E-state index < -0.39 is 15.4 Å². The van der Waals surface area contributed by atoms with Crippen molar-refractivity contribution in [1.29, 1.82) is 0 Å². The van der Waals surface area contributed by atoms with Crippen molar-refractivity contribution in [3.8, 4) is 0 Å². The molecule has 3 aromatic carbocycles. The Bertz CT molecular complexity index is 737. The van der Waals surface area contributed by atoms with E-state index in [1.165, 1.54) is 27.4 Å². The Kier molecular flexibility index (Phi) is 4.98. The van der Waals surface area contributed by atoms with Crippen molar-refractivity contribution in [2.24, 2.45) is 0 Å². The Morgan fingerprint density at radius 2 is 1.17 bits per heavy atom. The molecule has 0 fully saturated rings. The number of hydrogen-bond acceptors (Lipinski definition) is 1. The molecule has 0 unspecified atom stereocenters. The summed E-state index contributed by atoms with van der Waals surface area (Å²) in [5.41, 5.74) is 4.61. The normalized spacial score (nSPS) is 12.0. The summed E-state index contributed by atoms with van der Waals surface area (Å²) < 4.78 is 6.64. The number of hydrogen-bond donors (Lipinski definition) is 0. The molecule has 0 saturated carbocycles. The molecular formula is C22H24OSi. The van der Waals surface area contributed by atoms with Crippen molar-refractivity contribution < 1.29 is 4.43 Å². The highest BCUT2D eigenvalue weighted by molar-refractivity contribution is 6.47. The highest BCUT2D eigenvalue weighted by atomic mass is 28.2. The Morgan fingerprint density at radius 3 is 1.62 bits per heavy atom. The quantitative estimate of drug-likeness (QED) is 0.642. The summed E-state index contributed by atoms with van der Waals surface area (Å²) in [6.07, 6.45) is 0. The highest BCUT2D eigenvalue weighted by Gasteiger charge is 2.29. The topological polar surface area (TPSA) is 9.23 Å². The largest absolute Gasteiger partial charge is 0.405 e. The Hall–Kier alpha value is -2.16. The van der Waals surface area contributed by atoms with Gasteiger partial charge in [-0.15, -0.1) is 0 Å². The molecular weight excluding hydrogens is 308 g/mol. The summed E-state index contributed by atoms with van der Waals surface area (Å²) >= 11 is 0. The van der Waals surface area contributed by atoms with Gasteiger partial charge in [0.05, 0.1) is 0 Å². The zero-order chi connectivity index (χ0) is 17.0. The van der Waals surface area contributed by atoms with Crippen molar-refractivity contribution in [1.82, 2.24) is 0 Å². The first-order valence-corrected chi connectivity index (χ1v) is 9.68. The van der Waals surface area contributed by atoms with E-state index in [-0.39, 0.29) is 0 Å². The van der Waals surface area contributed by atoms with Gasteiger partial charge in [-0.2, -0.15) is 0 Å². The summed E-state index contributed by atoms with van der Waals surface area (Å²) in [6.45, 7) is 6.49. The van der Waals surface area contributed by atoms with Gasteiger partial charge in [0, 0.05) is 0 Å². The van der Waals surface area contributed by atoms with Crippen molar-refractivity contribution >= 4 is 14.9 Å². The van der Waals surface area contributed by atoms with E-state index in [2.05, 4.69) is 99.6 Å². The van der Waals surface area contributed by atoms with Crippen molar-refractivity contribution in [3.63, 3.8) is 0 Å². The Balaban J connectivity index is 1.94. The minimum absolute atomic E-state index is 0.410. The molecule has 24 heavy (non-hydrogen) atoms.